The molecular weight excluding hydrogens is 239 g/mol. The molecule has 1 N–H and O–H groups in total. The molecule has 1 amide bonds. The third-order valence-corrected chi connectivity index (χ3v) is 3.11. The highest BCUT2D eigenvalue weighted by Crippen LogP contribution is 2.19. The number of amides is 1. The second kappa shape index (κ2) is 5.69. The molecule has 0 heterocycles. The second-order valence-electron chi connectivity index (χ2n) is 3.95. The Balaban J connectivity index is 2.94. The van der Waals surface area contributed by atoms with Crippen LogP contribution in [0, 0.1) is 23.1 Å². The van der Waals surface area contributed by atoms with Crippen LogP contribution in [0.4, 0.5) is 10.1 Å². The van der Waals surface area contributed by atoms with Gasteiger partial charge in [-0.05, 0) is 18.1 Å². The van der Waals surface area contributed by atoms with Crippen LogP contribution in [-0.2, 0) is 4.79 Å². The van der Waals surface area contributed by atoms with Crippen LogP contribution in [0.2, 0.25) is 0 Å². The number of carbonyl (C=O) groups is 1. The van der Waals surface area contributed by atoms with Gasteiger partial charge < -0.3 is 5.32 Å². The lowest BCUT2D eigenvalue weighted by Gasteiger charge is -2.15. The van der Waals surface area contributed by atoms with Gasteiger partial charge >= 0.3 is 0 Å². The van der Waals surface area contributed by atoms with E-state index < -0.39 is 11.1 Å². The van der Waals surface area contributed by atoms with Crippen molar-refractivity contribution in [2.75, 3.05) is 5.32 Å². The van der Waals surface area contributed by atoms with Crippen molar-refractivity contribution in [1.29, 1.82) is 5.26 Å². The first-order valence-electron chi connectivity index (χ1n) is 5.15. The zero-order valence-corrected chi connectivity index (χ0v) is 10.5. The van der Waals surface area contributed by atoms with E-state index in [4.69, 9.17) is 5.26 Å². The van der Waals surface area contributed by atoms with Crippen molar-refractivity contribution in [2.24, 2.45) is 5.92 Å². The van der Waals surface area contributed by atoms with Crippen molar-refractivity contribution in [3.8, 4) is 6.07 Å². The van der Waals surface area contributed by atoms with Gasteiger partial charge in [-0.3, -0.25) is 4.79 Å². The van der Waals surface area contributed by atoms with Gasteiger partial charge in [0.25, 0.3) is 0 Å². The van der Waals surface area contributed by atoms with Crippen LogP contribution in [-0.4, -0.2) is 11.2 Å². The molecule has 0 radical (unpaired) electrons. The fourth-order valence-corrected chi connectivity index (χ4v) is 1.32. The summed E-state index contributed by atoms with van der Waals surface area (Å²) in [4.78, 5) is 11.7. The van der Waals surface area contributed by atoms with Crippen LogP contribution in [0.15, 0.2) is 18.2 Å². The number of nitrogens with zero attached hydrogens (tertiary/aromatic N) is 1. The maximum Gasteiger partial charge on any atom is 0.237 e. The van der Waals surface area contributed by atoms with Gasteiger partial charge in [0.2, 0.25) is 5.91 Å². The number of thiol groups is 1. The second-order valence-corrected chi connectivity index (χ2v) is 4.51. The fourth-order valence-electron chi connectivity index (χ4n) is 1.25. The Hall–Kier alpha value is -1.54. The normalized spacial score (nSPS) is 12.0. The maximum absolute atomic E-state index is 13.3. The van der Waals surface area contributed by atoms with E-state index in [0.29, 0.717) is 0 Å². The number of nitriles is 1. The largest absolute Gasteiger partial charge is 0.324 e. The van der Waals surface area contributed by atoms with Crippen molar-refractivity contribution in [1.82, 2.24) is 0 Å². The smallest absolute Gasteiger partial charge is 0.237 e. The van der Waals surface area contributed by atoms with E-state index in [9.17, 15) is 9.18 Å². The van der Waals surface area contributed by atoms with Crippen LogP contribution in [0.5, 0.6) is 0 Å². The van der Waals surface area contributed by atoms with Crippen LogP contribution < -0.4 is 5.32 Å². The van der Waals surface area contributed by atoms with E-state index >= 15 is 0 Å². The van der Waals surface area contributed by atoms with Gasteiger partial charge in [0, 0.05) is 0 Å². The summed E-state index contributed by atoms with van der Waals surface area (Å²) in [5.74, 6) is -0.937. The number of hydrogen-bond acceptors (Lipinski definition) is 3. The molecule has 1 atom stereocenters. The monoisotopic (exact) mass is 252 g/mol. The summed E-state index contributed by atoms with van der Waals surface area (Å²) in [6, 6.07) is 5.82. The summed E-state index contributed by atoms with van der Waals surface area (Å²) in [6.07, 6.45) is 0. The van der Waals surface area contributed by atoms with Gasteiger partial charge in [-0.25, -0.2) is 4.39 Å². The SMILES string of the molecule is CC(C)C(S)C(=O)Nc1cccc(F)c1C#N. The first-order valence-corrected chi connectivity index (χ1v) is 5.66. The molecule has 0 aliphatic heterocycles. The topological polar surface area (TPSA) is 52.9 Å². The summed E-state index contributed by atoms with van der Waals surface area (Å²) in [7, 11) is 0. The van der Waals surface area contributed by atoms with Crippen LogP contribution in [0.1, 0.15) is 19.4 Å². The molecule has 5 heteroatoms. The first kappa shape index (κ1) is 13.5. The Morgan fingerprint density at radius 2 is 2.18 bits per heavy atom. The predicted octanol–water partition coefficient (Wildman–Crippen LogP) is 2.59. The molecule has 90 valence electrons. The molecule has 3 nitrogen and oxygen atoms in total. The number of benzene rings is 1. The summed E-state index contributed by atoms with van der Waals surface area (Å²) < 4.78 is 13.3. The molecule has 0 aliphatic carbocycles. The van der Waals surface area contributed by atoms with E-state index in [-0.39, 0.29) is 23.1 Å². The molecule has 0 bridgehead atoms. The van der Waals surface area contributed by atoms with Crippen LogP contribution >= 0.6 is 12.6 Å². The van der Waals surface area contributed by atoms with E-state index in [1.54, 1.807) is 6.07 Å². The molecule has 0 aliphatic rings. The van der Waals surface area contributed by atoms with E-state index in [1.165, 1.54) is 18.2 Å². The fraction of sp³-hybridized carbons (Fsp3) is 0.333. The first-order chi connectivity index (χ1) is 7.97. The van der Waals surface area contributed by atoms with Crippen molar-refractivity contribution in [2.45, 2.75) is 19.1 Å². The van der Waals surface area contributed by atoms with Gasteiger partial charge in [-0.15, -0.1) is 0 Å². The van der Waals surface area contributed by atoms with Gasteiger partial charge in [0.1, 0.15) is 17.4 Å². The Morgan fingerprint density at radius 1 is 1.53 bits per heavy atom. The highest BCUT2D eigenvalue weighted by atomic mass is 32.1. The van der Waals surface area contributed by atoms with Crippen molar-refractivity contribution in [3.05, 3.63) is 29.6 Å². The van der Waals surface area contributed by atoms with Crippen LogP contribution in [0.25, 0.3) is 0 Å². The zero-order valence-electron chi connectivity index (χ0n) is 9.57. The van der Waals surface area contributed by atoms with Crippen molar-refractivity contribution < 1.29 is 9.18 Å². The number of carbonyl (C=O) groups excluding carboxylic acids is 1. The summed E-state index contributed by atoms with van der Waals surface area (Å²) in [5.41, 5.74) is 0.0161. The van der Waals surface area contributed by atoms with E-state index in [0.717, 1.165) is 0 Å². The molecule has 0 aromatic heterocycles. The standard InChI is InChI=1S/C12H13FN2OS/c1-7(2)11(17)12(16)15-10-5-3-4-9(13)8(10)6-14/h3-5,7,11,17H,1-2H3,(H,15,16). The third kappa shape index (κ3) is 3.21. The molecule has 1 unspecified atom stereocenters. The van der Waals surface area contributed by atoms with E-state index in [1.807, 2.05) is 13.8 Å². The Bertz CT molecular complexity index is 468. The number of halogens is 1. The molecule has 17 heavy (non-hydrogen) atoms. The average Bonchev–Trinajstić information content (AvgIpc) is 2.28. The highest BCUT2D eigenvalue weighted by molar-refractivity contribution is 7.81. The average molecular weight is 252 g/mol. The molecule has 1 rings (SSSR count). The number of nitrogens with one attached hydrogen (secondary N) is 1. The maximum atomic E-state index is 13.3. The van der Waals surface area contributed by atoms with E-state index in [2.05, 4.69) is 17.9 Å². The minimum Gasteiger partial charge on any atom is -0.324 e. The van der Waals surface area contributed by atoms with Gasteiger partial charge in [0.15, 0.2) is 0 Å². The summed E-state index contributed by atoms with van der Waals surface area (Å²) >= 11 is 4.15. The molecule has 0 saturated carbocycles. The summed E-state index contributed by atoms with van der Waals surface area (Å²) in [5, 5.41) is 10.8. The minimum atomic E-state index is -0.648. The highest BCUT2D eigenvalue weighted by Gasteiger charge is 2.19. The zero-order chi connectivity index (χ0) is 13.0. The predicted molar refractivity (Wildman–Crippen MR) is 67.4 cm³/mol. The number of anilines is 1. The molecule has 0 spiro atoms. The van der Waals surface area contributed by atoms with Crippen LogP contribution in [0.3, 0.4) is 0 Å². The van der Waals surface area contributed by atoms with Gasteiger partial charge in [-0.1, -0.05) is 19.9 Å². The molecule has 0 saturated heterocycles. The van der Waals surface area contributed by atoms with Crippen molar-refractivity contribution >= 4 is 24.2 Å². The molecule has 1 aromatic carbocycles. The number of rotatable bonds is 3. The lowest BCUT2D eigenvalue weighted by atomic mass is 10.1. The summed E-state index contributed by atoms with van der Waals surface area (Å²) in [6.45, 7) is 3.71. The Morgan fingerprint density at radius 3 is 2.71 bits per heavy atom. The van der Waals surface area contributed by atoms with Gasteiger partial charge in [0.05, 0.1) is 10.9 Å². The lowest BCUT2D eigenvalue weighted by Crippen LogP contribution is -2.28. The molecule has 1 aromatic rings. The van der Waals surface area contributed by atoms with Gasteiger partial charge in [-0.2, -0.15) is 17.9 Å². The molecular formula is C12H13FN2OS. The quantitative estimate of drug-likeness (QED) is 0.812. The minimum absolute atomic E-state index is 0.0532. The Kier molecular flexibility index (Phi) is 4.53. The lowest BCUT2D eigenvalue weighted by molar-refractivity contribution is -0.116. The van der Waals surface area contributed by atoms with Crippen molar-refractivity contribution in [3.63, 3.8) is 0 Å². The molecule has 0 fully saturated rings. The Labute approximate surface area is 105 Å². The number of hydrogen-bond donors (Lipinski definition) is 2. The third-order valence-electron chi connectivity index (χ3n) is 2.28.